The molecule has 0 radical (unpaired) electrons. The van der Waals surface area contributed by atoms with Crippen LogP contribution in [0, 0.1) is 0 Å². The Kier molecular flexibility index (Phi) is 5.11. The molecule has 1 aliphatic heterocycles. The number of carbonyl (C=O) groups excluding carboxylic acids is 2. The summed E-state index contributed by atoms with van der Waals surface area (Å²) in [7, 11) is 3.13. The average Bonchev–Trinajstić information content (AvgIpc) is 3.05. The zero-order valence-corrected chi connectivity index (χ0v) is 15.1. The predicted molar refractivity (Wildman–Crippen MR) is 98.5 cm³/mol. The molecule has 26 heavy (non-hydrogen) atoms. The summed E-state index contributed by atoms with van der Waals surface area (Å²) in [6, 6.07) is 12.6. The summed E-state index contributed by atoms with van der Waals surface area (Å²) in [5.74, 6) is 0.863. The minimum absolute atomic E-state index is 0.144. The van der Waals surface area contributed by atoms with E-state index in [9.17, 15) is 9.59 Å². The molecule has 6 nitrogen and oxygen atoms in total. The maximum atomic E-state index is 12.8. The fourth-order valence-corrected chi connectivity index (χ4v) is 3.38. The summed E-state index contributed by atoms with van der Waals surface area (Å²) in [6.45, 7) is 1.77. The molecule has 1 atom stereocenters. The third-order valence-corrected chi connectivity index (χ3v) is 4.56. The maximum Gasteiger partial charge on any atom is 0.243 e. The molecule has 2 aromatic carbocycles. The zero-order chi connectivity index (χ0) is 18.7. The fraction of sp³-hybridized carbons (Fsp3) is 0.300. The van der Waals surface area contributed by atoms with E-state index in [-0.39, 0.29) is 18.4 Å². The molecule has 0 saturated heterocycles. The predicted octanol–water partition coefficient (Wildman–Crippen LogP) is 2.30. The first-order valence-electron chi connectivity index (χ1n) is 8.42. The van der Waals surface area contributed by atoms with Gasteiger partial charge in [-0.1, -0.05) is 30.3 Å². The monoisotopic (exact) mass is 354 g/mol. The largest absolute Gasteiger partial charge is 0.493 e. The Morgan fingerprint density at radius 2 is 1.88 bits per heavy atom. The summed E-state index contributed by atoms with van der Waals surface area (Å²) in [5.41, 5.74) is 2.62. The highest BCUT2D eigenvalue weighted by atomic mass is 16.5. The van der Waals surface area contributed by atoms with E-state index in [2.05, 4.69) is 5.32 Å². The summed E-state index contributed by atoms with van der Waals surface area (Å²) in [6.07, 6.45) is 0.511. The second kappa shape index (κ2) is 7.47. The number of anilines is 1. The van der Waals surface area contributed by atoms with Crippen molar-refractivity contribution in [3.8, 4) is 11.5 Å². The topological polar surface area (TPSA) is 67.9 Å². The molecule has 0 spiro atoms. The van der Waals surface area contributed by atoms with Gasteiger partial charge in [-0.05, 0) is 17.7 Å². The van der Waals surface area contributed by atoms with Crippen LogP contribution in [0.4, 0.5) is 5.69 Å². The summed E-state index contributed by atoms with van der Waals surface area (Å²) < 4.78 is 10.7. The van der Waals surface area contributed by atoms with Gasteiger partial charge in [-0.15, -0.1) is 0 Å². The van der Waals surface area contributed by atoms with Gasteiger partial charge >= 0.3 is 0 Å². The average molecular weight is 354 g/mol. The van der Waals surface area contributed by atoms with Crippen LogP contribution in [0.3, 0.4) is 0 Å². The Bertz CT molecular complexity index is 834. The van der Waals surface area contributed by atoms with E-state index in [0.717, 1.165) is 16.8 Å². The molecule has 0 aliphatic carbocycles. The molecular formula is C20H22N2O4. The van der Waals surface area contributed by atoms with Crippen molar-refractivity contribution in [2.45, 2.75) is 25.9 Å². The highest BCUT2D eigenvalue weighted by Crippen LogP contribution is 2.33. The van der Waals surface area contributed by atoms with Gasteiger partial charge < -0.3 is 14.8 Å². The molecule has 1 N–H and O–H groups in total. The van der Waals surface area contributed by atoms with Gasteiger partial charge in [0.15, 0.2) is 11.5 Å². The Labute approximate surface area is 152 Å². The maximum absolute atomic E-state index is 12.8. The van der Waals surface area contributed by atoms with E-state index in [0.29, 0.717) is 17.9 Å². The van der Waals surface area contributed by atoms with Crippen molar-refractivity contribution in [1.82, 2.24) is 5.32 Å². The number of amides is 2. The van der Waals surface area contributed by atoms with Gasteiger partial charge in [0.1, 0.15) is 6.04 Å². The number of ether oxygens (including phenoxy) is 2. The molecule has 2 amide bonds. The van der Waals surface area contributed by atoms with Crippen LogP contribution >= 0.6 is 0 Å². The van der Waals surface area contributed by atoms with Gasteiger partial charge in [0.25, 0.3) is 0 Å². The number of nitrogens with one attached hydrogen (secondary N) is 1. The van der Waals surface area contributed by atoms with Crippen molar-refractivity contribution in [1.29, 1.82) is 0 Å². The van der Waals surface area contributed by atoms with Crippen LogP contribution in [0.15, 0.2) is 42.5 Å². The van der Waals surface area contributed by atoms with Crippen molar-refractivity contribution >= 4 is 17.5 Å². The van der Waals surface area contributed by atoms with Crippen LogP contribution in [0.5, 0.6) is 11.5 Å². The lowest BCUT2D eigenvalue weighted by molar-refractivity contribution is -0.125. The van der Waals surface area contributed by atoms with E-state index in [1.165, 1.54) is 6.92 Å². The van der Waals surface area contributed by atoms with E-state index >= 15 is 0 Å². The lowest BCUT2D eigenvalue weighted by atomic mass is 10.1. The molecule has 2 aromatic rings. The van der Waals surface area contributed by atoms with Crippen molar-refractivity contribution in [3.63, 3.8) is 0 Å². The van der Waals surface area contributed by atoms with E-state index in [1.807, 2.05) is 36.4 Å². The highest BCUT2D eigenvalue weighted by Gasteiger charge is 2.36. The third-order valence-electron chi connectivity index (χ3n) is 4.56. The third kappa shape index (κ3) is 3.22. The minimum atomic E-state index is -0.540. The Morgan fingerprint density at radius 1 is 1.12 bits per heavy atom. The smallest absolute Gasteiger partial charge is 0.243 e. The quantitative estimate of drug-likeness (QED) is 0.895. The standard InChI is InChI=1S/C20H22N2O4/c1-13(23)22-16-9-5-4-7-14(16)11-17(22)20(24)21-12-15-8-6-10-18(25-2)19(15)26-3/h4-10,17H,11-12H2,1-3H3,(H,21,24)/t17-/m0/s1. The summed E-state index contributed by atoms with van der Waals surface area (Å²) in [4.78, 5) is 26.4. The number of hydrogen-bond donors (Lipinski definition) is 1. The van der Waals surface area contributed by atoms with Crippen molar-refractivity contribution in [3.05, 3.63) is 53.6 Å². The second-order valence-electron chi connectivity index (χ2n) is 6.11. The van der Waals surface area contributed by atoms with Gasteiger partial charge in [-0.2, -0.15) is 0 Å². The first-order chi connectivity index (χ1) is 12.6. The molecule has 3 rings (SSSR count). The lowest BCUT2D eigenvalue weighted by Crippen LogP contribution is -2.47. The number of hydrogen-bond acceptors (Lipinski definition) is 4. The molecule has 0 bridgehead atoms. The van der Waals surface area contributed by atoms with Gasteiger partial charge in [-0.25, -0.2) is 0 Å². The fourth-order valence-electron chi connectivity index (χ4n) is 3.38. The van der Waals surface area contributed by atoms with Gasteiger partial charge in [0.05, 0.1) is 14.2 Å². The summed E-state index contributed by atoms with van der Waals surface area (Å²) in [5, 5.41) is 2.92. The van der Waals surface area contributed by atoms with Crippen LogP contribution in [0.2, 0.25) is 0 Å². The van der Waals surface area contributed by atoms with Gasteiger partial charge in [0, 0.05) is 31.1 Å². The molecule has 1 heterocycles. The molecule has 0 unspecified atom stereocenters. The Morgan fingerprint density at radius 3 is 2.58 bits per heavy atom. The first-order valence-corrected chi connectivity index (χ1v) is 8.42. The molecule has 0 saturated carbocycles. The second-order valence-corrected chi connectivity index (χ2v) is 6.11. The summed E-state index contributed by atoms with van der Waals surface area (Å²) >= 11 is 0. The number of para-hydroxylation sites is 2. The van der Waals surface area contributed by atoms with Crippen LogP contribution in [0.1, 0.15) is 18.1 Å². The number of carbonyl (C=O) groups is 2. The molecule has 0 fully saturated rings. The number of nitrogens with zero attached hydrogens (tertiary/aromatic N) is 1. The van der Waals surface area contributed by atoms with Crippen molar-refractivity contribution in [2.24, 2.45) is 0 Å². The van der Waals surface area contributed by atoms with E-state index in [1.54, 1.807) is 25.2 Å². The molecule has 1 aliphatic rings. The van der Waals surface area contributed by atoms with Crippen molar-refractivity contribution in [2.75, 3.05) is 19.1 Å². The molecule has 136 valence electrons. The van der Waals surface area contributed by atoms with Gasteiger partial charge in [0.2, 0.25) is 11.8 Å². The highest BCUT2D eigenvalue weighted by molar-refractivity contribution is 6.02. The van der Waals surface area contributed by atoms with E-state index < -0.39 is 6.04 Å². The van der Waals surface area contributed by atoms with Crippen LogP contribution in [-0.2, 0) is 22.6 Å². The van der Waals surface area contributed by atoms with Gasteiger partial charge in [-0.3, -0.25) is 14.5 Å². The minimum Gasteiger partial charge on any atom is -0.493 e. The zero-order valence-electron chi connectivity index (χ0n) is 15.1. The van der Waals surface area contributed by atoms with Crippen LogP contribution < -0.4 is 19.7 Å². The molecular weight excluding hydrogens is 332 g/mol. The molecule has 0 aromatic heterocycles. The normalized spacial score (nSPS) is 15.3. The number of rotatable bonds is 5. The molecule has 6 heteroatoms. The number of methoxy groups -OCH3 is 2. The van der Waals surface area contributed by atoms with Crippen LogP contribution in [0.25, 0.3) is 0 Å². The van der Waals surface area contributed by atoms with Crippen LogP contribution in [-0.4, -0.2) is 32.1 Å². The van der Waals surface area contributed by atoms with E-state index in [4.69, 9.17) is 9.47 Å². The number of fused-ring (bicyclic) bond motifs is 1. The van der Waals surface area contributed by atoms with Crippen molar-refractivity contribution < 1.29 is 19.1 Å². The Balaban J connectivity index is 1.76. The first kappa shape index (κ1) is 17.8. The SMILES string of the molecule is COc1cccc(CNC(=O)[C@@H]2Cc3ccccc3N2C(C)=O)c1OC. The lowest BCUT2D eigenvalue weighted by Gasteiger charge is -2.23. The Hall–Kier alpha value is -3.02. The number of benzene rings is 2.